The minimum atomic E-state index is -0.247. The Morgan fingerprint density at radius 1 is 1.12 bits per heavy atom. The van der Waals surface area contributed by atoms with E-state index in [-0.39, 0.29) is 12.5 Å². The zero-order chi connectivity index (χ0) is 16.9. The Hall–Kier alpha value is -2.63. The summed E-state index contributed by atoms with van der Waals surface area (Å²) < 4.78 is 0. The quantitative estimate of drug-likeness (QED) is 0.664. The van der Waals surface area contributed by atoms with Gasteiger partial charge in [0.25, 0.3) is 5.91 Å². The smallest absolute Gasteiger partial charge is 0.259 e. The molecular formula is C18H16ClN3O2. The number of nitrogens with one attached hydrogen (secondary N) is 2. The Kier molecular flexibility index (Phi) is 4.93. The number of amides is 1. The molecule has 3 aromatic rings. The van der Waals surface area contributed by atoms with E-state index in [2.05, 4.69) is 15.5 Å². The number of halogens is 1. The second-order valence-electron chi connectivity index (χ2n) is 5.29. The predicted molar refractivity (Wildman–Crippen MR) is 94.2 cm³/mol. The highest BCUT2D eigenvalue weighted by molar-refractivity contribution is 6.30. The van der Waals surface area contributed by atoms with E-state index in [0.717, 1.165) is 11.1 Å². The van der Waals surface area contributed by atoms with Gasteiger partial charge in [-0.25, -0.2) is 0 Å². The van der Waals surface area contributed by atoms with Crippen molar-refractivity contribution in [3.8, 4) is 11.3 Å². The fourth-order valence-corrected chi connectivity index (χ4v) is 2.50. The average molecular weight is 342 g/mol. The van der Waals surface area contributed by atoms with Crippen LogP contribution in [0.3, 0.4) is 0 Å². The zero-order valence-corrected chi connectivity index (χ0v) is 13.5. The van der Waals surface area contributed by atoms with Gasteiger partial charge in [0.15, 0.2) is 0 Å². The first-order valence-corrected chi connectivity index (χ1v) is 7.85. The van der Waals surface area contributed by atoms with E-state index in [1.54, 1.807) is 12.1 Å². The van der Waals surface area contributed by atoms with Gasteiger partial charge in [-0.2, -0.15) is 5.10 Å². The first-order valence-electron chi connectivity index (χ1n) is 7.48. The van der Waals surface area contributed by atoms with Gasteiger partial charge in [-0.1, -0.05) is 35.9 Å². The first kappa shape index (κ1) is 16.2. The number of benzene rings is 2. The molecule has 3 rings (SSSR count). The molecule has 0 saturated carbocycles. The Balaban J connectivity index is 1.78. The lowest BCUT2D eigenvalue weighted by atomic mass is 10.1. The van der Waals surface area contributed by atoms with Crippen LogP contribution in [0.2, 0.25) is 5.02 Å². The molecule has 1 aromatic heterocycles. The zero-order valence-electron chi connectivity index (χ0n) is 12.8. The van der Waals surface area contributed by atoms with Gasteiger partial charge in [-0.05, 0) is 36.2 Å². The average Bonchev–Trinajstić information content (AvgIpc) is 3.07. The number of anilines is 1. The molecule has 5 nitrogen and oxygen atoms in total. The molecule has 2 aromatic carbocycles. The number of carbonyl (C=O) groups excluding carboxylic acids is 1. The summed E-state index contributed by atoms with van der Waals surface area (Å²) in [6.07, 6.45) is 2.09. The molecule has 0 aliphatic heterocycles. The molecule has 122 valence electrons. The lowest BCUT2D eigenvalue weighted by Crippen LogP contribution is -2.12. The highest BCUT2D eigenvalue weighted by Crippen LogP contribution is 2.23. The molecule has 0 unspecified atom stereocenters. The summed E-state index contributed by atoms with van der Waals surface area (Å²) >= 11 is 5.90. The van der Waals surface area contributed by atoms with E-state index in [4.69, 9.17) is 16.7 Å². The summed E-state index contributed by atoms with van der Waals surface area (Å²) in [7, 11) is 0. The number of nitrogens with zero attached hydrogens (tertiary/aromatic N) is 1. The number of carbonyl (C=O) groups is 1. The van der Waals surface area contributed by atoms with Crippen LogP contribution in [0, 0.1) is 0 Å². The maximum absolute atomic E-state index is 12.5. The van der Waals surface area contributed by atoms with Crippen LogP contribution in [0.4, 0.5) is 5.69 Å². The lowest BCUT2D eigenvalue weighted by Gasteiger charge is -2.07. The van der Waals surface area contributed by atoms with E-state index in [1.807, 2.05) is 36.4 Å². The predicted octanol–water partition coefficient (Wildman–Crippen LogP) is 3.52. The Morgan fingerprint density at radius 2 is 1.83 bits per heavy atom. The van der Waals surface area contributed by atoms with Crippen LogP contribution in [0.25, 0.3) is 11.3 Å². The maximum Gasteiger partial charge on any atom is 0.259 e. The molecule has 0 atom stereocenters. The third kappa shape index (κ3) is 3.64. The summed E-state index contributed by atoms with van der Waals surface area (Å²) in [6, 6.07) is 14.6. The minimum Gasteiger partial charge on any atom is -0.396 e. The minimum absolute atomic E-state index is 0.102. The number of hydrogen-bond donors (Lipinski definition) is 3. The van der Waals surface area contributed by atoms with E-state index in [1.165, 1.54) is 6.20 Å². The highest BCUT2D eigenvalue weighted by Gasteiger charge is 2.15. The Bertz CT molecular complexity index is 826. The van der Waals surface area contributed by atoms with Crippen LogP contribution in [0.1, 0.15) is 15.9 Å². The number of hydrogen-bond acceptors (Lipinski definition) is 3. The van der Waals surface area contributed by atoms with Crippen molar-refractivity contribution in [3.63, 3.8) is 0 Å². The van der Waals surface area contributed by atoms with Crippen molar-refractivity contribution in [1.82, 2.24) is 10.2 Å². The summed E-state index contributed by atoms with van der Waals surface area (Å²) in [5, 5.41) is 19.2. The largest absolute Gasteiger partial charge is 0.396 e. The van der Waals surface area contributed by atoms with Crippen molar-refractivity contribution < 1.29 is 9.90 Å². The van der Waals surface area contributed by atoms with Crippen molar-refractivity contribution in [1.29, 1.82) is 0 Å². The third-order valence-electron chi connectivity index (χ3n) is 3.63. The fourth-order valence-electron chi connectivity index (χ4n) is 2.38. The van der Waals surface area contributed by atoms with E-state index < -0.39 is 0 Å². The third-order valence-corrected chi connectivity index (χ3v) is 3.88. The highest BCUT2D eigenvalue weighted by atomic mass is 35.5. The number of H-pyrrole nitrogens is 1. The van der Waals surface area contributed by atoms with Gasteiger partial charge in [0.2, 0.25) is 0 Å². The number of aromatic amines is 1. The van der Waals surface area contributed by atoms with Gasteiger partial charge < -0.3 is 10.4 Å². The van der Waals surface area contributed by atoms with E-state index in [0.29, 0.717) is 28.4 Å². The molecule has 0 bridgehead atoms. The normalized spacial score (nSPS) is 10.6. The monoisotopic (exact) mass is 341 g/mol. The molecule has 0 spiro atoms. The molecule has 0 fully saturated rings. The van der Waals surface area contributed by atoms with Gasteiger partial charge in [-0.15, -0.1) is 0 Å². The van der Waals surface area contributed by atoms with E-state index >= 15 is 0 Å². The van der Waals surface area contributed by atoms with Gasteiger partial charge in [0.1, 0.15) is 0 Å². The SMILES string of the molecule is O=C(Nc1ccc(CCO)cc1)c1cn[nH]c1-c1ccc(Cl)cc1. The maximum atomic E-state index is 12.5. The van der Waals surface area contributed by atoms with Crippen LogP contribution in [-0.4, -0.2) is 27.8 Å². The lowest BCUT2D eigenvalue weighted by molar-refractivity contribution is 0.102. The second kappa shape index (κ2) is 7.29. The van der Waals surface area contributed by atoms with Crippen molar-refractivity contribution in [2.75, 3.05) is 11.9 Å². The summed E-state index contributed by atoms with van der Waals surface area (Å²) in [5.74, 6) is -0.247. The van der Waals surface area contributed by atoms with Crippen LogP contribution < -0.4 is 5.32 Å². The molecule has 0 aliphatic rings. The van der Waals surface area contributed by atoms with Gasteiger partial charge in [0, 0.05) is 22.9 Å². The number of aliphatic hydroxyl groups excluding tert-OH is 1. The Morgan fingerprint density at radius 3 is 2.50 bits per heavy atom. The van der Waals surface area contributed by atoms with Gasteiger partial charge in [0.05, 0.1) is 17.5 Å². The van der Waals surface area contributed by atoms with Crippen LogP contribution in [0.15, 0.2) is 54.7 Å². The number of rotatable bonds is 5. The van der Waals surface area contributed by atoms with Crippen LogP contribution in [0.5, 0.6) is 0 Å². The fraction of sp³-hybridized carbons (Fsp3) is 0.111. The molecule has 1 amide bonds. The topological polar surface area (TPSA) is 78.0 Å². The van der Waals surface area contributed by atoms with Gasteiger partial charge >= 0.3 is 0 Å². The van der Waals surface area contributed by atoms with Crippen LogP contribution in [-0.2, 0) is 6.42 Å². The number of aliphatic hydroxyl groups is 1. The van der Waals surface area contributed by atoms with Crippen molar-refractivity contribution in [2.45, 2.75) is 6.42 Å². The standard InChI is InChI=1S/C18H16ClN3O2/c19-14-5-3-13(4-6-14)17-16(11-20-22-17)18(24)21-15-7-1-12(2-8-15)9-10-23/h1-8,11,23H,9-10H2,(H,20,22)(H,21,24). The molecular weight excluding hydrogens is 326 g/mol. The molecule has 0 radical (unpaired) electrons. The molecule has 24 heavy (non-hydrogen) atoms. The van der Waals surface area contributed by atoms with Crippen molar-refractivity contribution in [2.24, 2.45) is 0 Å². The molecule has 6 heteroatoms. The summed E-state index contributed by atoms with van der Waals surface area (Å²) in [5.41, 5.74) is 3.63. The second-order valence-corrected chi connectivity index (χ2v) is 5.73. The first-order chi connectivity index (χ1) is 11.7. The van der Waals surface area contributed by atoms with Crippen molar-refractivity contribution in [3.05, 3.63) is 70.9 Å². The summed E-state index contributed by atoms with van der Waals surface area (Å²) in [4.78, 5) is 12.5. The Labute approximate surface area is 144 Å². The molecule has 0 aliphatic carbocycles. The summed E-state index contributed by atoms with van der Waals surface area (Å²) in [6.45, 7) is 0.102. The number of aromatic nitrogens is 2. The van der Waals surface area contributed by atoms with Gasteiger partial charge in [-0.3, -0.25) is 9.89 Å². The molecule has 1 heterocycles. The van der Waals surface area contributed by atoms with Crippen molar-refractivity contribution >= 4 is 23.2 Å². The molecule has 0 saturated heterocycles. The van der Waals surface area contributed by atoms with E-state index in [9.17, 15) is 4.79 Å². The van der Waals surface area contributed by atoms with Crippen LogP contribution >= 0.6 is 11.6 Å². The molecule has 3 N–H and O–H groups in total.